The molecule has 0 spiro atoms. The van der Waals surface area contributed by atoms with Crippen LogP contribution in [0.1, 0.15) is 31.1 Å². The number of amides is 2. The molecular formula is C29H34F3N5O6. The van der Waals surface area contributed by atoms with Gasteiger partial charge in [0.05, 0.1) is 32.1 Å². The topological polar surface area (TPSA) is 133 Å². The molecule has 0 aliphatic rings. The maximum absolute atomic E-state index is 12.6. The van der Waals surface area contributed by atoms with Gasteiger partial charge >= 0.3 is 12.5 Å². The van der Waals surface area contributed by atoms with Gasteiger partial charge in [-0.05, 0) is 57.2 Å². The third kappa shape index (κ3) is 13.0. The van der Waals surface area contributed by atoms with E-state index >= 15 is 0 Å². The van der Waals surface area contributed by atoms with Crippen molar-refractivity contribution in [3.8, 4) is 17.0 Å². The minimum Gasteiger partial charge on any atom is -0.444 e. The van der Waals surface area contributed by atoms with Crippen LogP contribution < -0.4 is 20.7 Å². The predicted octanol–water partition coefficient (Wildman–Crippen LogP) is 5.07. The lowest BCUT2D eigenvalue weighted by molar-refractivity contribution is -0.274. The Labute approximate surface area is 247 Å². The third-order valence-electron chi connectivity index (χ3n) is 5.27. The van der Waals surface area contributed by atoms with Crippen LogP contribution in [-0.4, -0.2) is 73.4 Å². The van der Waals surface area contributed by atoms with Crippen LogP contribution in [0.3, 0.4) is 0 Å². The maximum Gasteiger partial charge on any atom is 0.573 e. The molecule has 0 unspecified atom stereocenters. The van der Waals surface area contributed by atoms with Gasteiger partial charge in [-0.2, -0.15) is 0 Å². The molecule has 43 heavy (non-hydrogen) atoms. The molecule has 1 heterocycles. The van der Waals surface area contributed by atoms with Crippen molar-refractivity contribution in [2.75, 3.05) is 44.8 Å². The Morgan fingerprint density at radius 1 is 0.837 bits per heavy atom. The number of halogens is 3. The maximum atomic E-state index is 12.6. The quantitative estimate of drug-likeness (QED) is 0.215. The van der Waals surface area contributed by atoms with E-state index in [2.05, 4.69) is 30.7 Å². The van der Waals surface area contributed by atoms with E-state index in [1.807, 2.05) is 0 Å². The number of anilines is 2. The van der Waals surface area contributed by atoms with Crippen LogP contribution in [-0.2, 0) is 14.2 Å². The largest absolute Gasteiger partial charge is 0.573 e. The summed E-state index contributed by atoms with van der Waals surface area (Å²) in [5.74, 6) is -0.216. The first-order valence-electron chi connectivity index (χ1n) is 13.3. The second-order valence-corrected chi connectivity index (χ2v) is 9.98. The van der Waals surface area contributed by atoms with Gasteiger partial charge in [0, 0.05) is 36.0 Å². The highest BCUT2D eigenvalue weighted by molar-refractivity contribution is 5.95. The normalized spacial score (nSPS) is 11.5. The second kappa shape index (κ2) is 15.7. The highest BCUT2D eigenvalue weighted by atomic mass is 19.4. The fourth-order valence-corrected chi connectivity index (χ4v) is 3.49. The smallest absolute Gasteiger partial charge is 0.444 e. The molecule has 0 saturated carbocycles. The molecule has 0 radical (unpaired) electrons. The van der Waals surface area contributed by atoms with E-state index in [-0.39, 0.29) is 24.8 Å². The van der Waals surface area contributed by atoms with Gasteiger partial charge < -0.3 is 34.9 Å². The van der Waals surface area contributed by atoms with E-state index in [4.69, 9.17) is 14.2 Å². The number of alkyl halides is 3. The summed E-state index contributed by atoms with van der Waals surface area (Å²) >= 11 is 0. The van der Waals surface area contributed by atoms with E-state index in [1.54, 1.807) is 51.1 Å². The second-order valence-electron chi connectivity index (χ2n) is 9.98. The first-order valence-corrected chi connectivity index (χ1v) is 13.3. The number of alkyl carbamates (subject to hydrolysis) is 1. The summed E-state index contributed by atoms with van der Waals surface area (Å²) in [6.45, 7) is 7.22. The lowest BCUT2D eigenvalue weighted by Crippen LogP contribution is -2.34. The summed E-state index contributed by atoms with van der Waals surface area (Å²) in [6.07, 6.45) is -3.93. The molecule has 0 fully saturated rings. The van der Waals surface area contributed by atoms with Crippen molar-refractivity contribution in [1.29, 1.82) is 0 Å². The fourth-order valence-electron chi connectivity index (χ4n) is 3.49. The average Bonchev–Trinajstić information content (AvgIpc) is 2.93. The summed E-state index contributed by atoms with van der Waals surface area (Å²) in [4.78, 5) is 32.6. The van der Waals surface area contributed by atoms with Gasteiger partial charge in [0.1, 0.15) is 23.5 Å². The molecular weight excluding hydrogens is 571 g/mol. The highest BCUT2D eigenvalue weighted by Gasteiger charge is 2.31. The van der Waals surface area contributed by atoms with Crippen molar-refractivity contribution in [1.82, 2.24) is 20.6 Å². The highest BCUT2D eigenvalue weighted by Crippen LogP contribution is 2.26. The summed E-state index contributed by atoms with van der Waals surface area (Å²) in [5.41, 5.74) is 1.57. The average molecular weight is 606 g/mol. The summed E-state index contributed by atoms with van der Waals surface area (Å²) in [5, 5.41) is 8.39. The zero-order chi connectivity index (χ0) is 31.3. The van der Waals surface area contributed by atoms with Gasteiger partial charge in [-0.25, -0.2) is 14.8 Å². The molecule has 0 aliphatic heterocycles. The minimum absolute atomic E-state index is 0.287. The van der Waals surface area contributed by atoms with Crippen molar-refractivity contribution in [2.24, 2.45) is 0 Å². The van der Waals surface area contributed by atoms with E-state index in [0.29, 0.717) is 54.7 Å². The number of ether oxygens (including phenoxy) is 4. The van der Waals surface area contributed by atoms with Crippen LogP contribution in [0, 0.1) is 0 Å². The zero-order valence-corrected chi connectivity index (χ0v) is 24.0. The Balaban J connectivity index is 1.39. The monoisotopic (exact) mass is 605 g/mol. The van der Waals surface area contributed by atoms with E-state index in [9.17, 15) is 22.8 Å². The van der Waals surface area contributed by atoms with E-state index < -0.39 is 18.1 Å². The van der Waals surface area contributed by atoms with Gasteiger partial charge in [-0.1, -0.05) is 12.1 Å². The Morgan fingerprint density at radius 3 is 2.16 bits per heavy atom. The number of aromatic nitrogens is 2. The van der Waals surface area contributed by atoms with Crippen molar-refractivity contribution in [2.45, 2.75) is 32.7 Å². The first-order chi connectivity index (χ1) is 20.4. The van der Waals surface area contributed by atoms with Gasteiger partial charge in [-0.15, -0.1) is 13.2 Å². The molecule has 14 heteroatoms. The molecule has 3 rings (SSSR count). The Hall–Kier alpha value is -4.43. The Kier molecular flexibility index (Phi) is 12.1. The van der Waals surface area contributed by atoms with Crippen molar-refractivity contribution in [3.63, 3.8) is 0 Å². The van der Waals surface area contributed by atoms with Gasteiger partial charge in [0.15, 0.2) is 0 Å². The van der Waals surface area contributed by atoms with Crippen molar-refractivity contribution in [3.05, 3.63) is 66.5 Å². The molecule has 0 saturated heterocycles. The molecule has 0 bridgehead atoms. The van der Waals surface area contributed by atoms with Crippen molar-refractivity contribution >= 4 is 23.5 Å². The molecule has 3 aromatic rings. The summed E-state index contributed by atoms with van der Waals surface area (Å²) in [6, 6.07) is 13.8. The standard InChI is InChI=1S/C29H34F3N5O6/c1-28(2,3)43-27(39)34-12-14-41-16-15-40-13-11-33-26(38)21-6-4-5-20(17-21)24-18-25(36-19-35-24)37-22-7-9-23(10-8-22)42-29(30,31)32/h4-10,17-19H,11-16H2,1-3H3,(H,33,38)(H,34,39)(H,35,36,37). The minimum atomic E-state index is -4.77. The number of nitrogens with one attached hydrogen (secondary N) is 3. The van der Waals surface area contributed by atoms with Crippen LogP contribution in [0.4, 0.5) is 29.5 Å². The molecule has 0 atom stereocenters. The number of rotatable bonds is 14. The molecule has 0 aliphatic carbocycles. The predicted molar refractivity (Wildman–Crippen MR) is 152 cm³/mol. The fraction of sp³-hybridized carbons (Fsp3) is 0.379. The number of benzene rings is 2. The summed E-state index contributed by atoms with van der Waals surface area (Å²) in [7, 11) is 0. The SMILES string of the molecule is CC(C)(C)OC(=O)NCCOCCOCCNC(=O)c1cccc(-c2cc(Nc3ccc(OC(F)(F)F)cc3)ncn2)c1. The summed E-state index contributed by atoms with van der Waals surface area (Å²) < 4.78 is 57.0. The lowest BCUT2D eigenvalue weighted by Gasteiger charge is -2.19. The Bertz CT molecular complexity index is 1330. The zero-order valence-electron chi connectivity index (χ0n) is 24.0. The molecule has 2 amide bonds. The van der Waals surface area contributed by atoms with Gasteiger partial charge in [0.2, 0.25) is 0 Å². The number of nitrogens with zero attached hydrogens (tertiary/aromatic N) is 2. The van der Waals surface area contributed by atoms with Gasteiger partial charge in [-0.3, -0.25) is 4.79 Å². The van der Waals surface area contributed by atoms with E-state index in [0.717, 1.165) is 0 Å². The van der Waals surface area contributed by atoms with Crippen LogP contribution in [0.5, 0.6) is 5.75 Å². The third-order valence-corrected chi connectivity index (χ3v) is 5.27. The van der Waals surface area contributed by atoms with Crippen LogP contribution in [0.25, 0.3) is 11.3 Å². The van der Waals surface area contributed by atoms with Crippen LogP contribution in [0.2, 0.25) is 0 Å². The molecule has 232 valence electrons. The molecule has 1 aromatic heterocycles. The van der Waals surface area contributed by atoms with Gasteiger partial charge in [0.25, 0.3) is 5.91 Å². The number of carbonyl (C=O) groups excluding carboxylic acids is 2. The molecule has 11 nitrogen and oxygen atoms in total. The van der Waals surface area contributed by atoms with E-state index in [1.165, 1.54) is 30.6 Å². The molecule has 2 aromatic carbocycles. The number of carbonyl (C=O) groups is 2. The number of hydrogen-bond acceptors (Lipinski definition) is 9. The van der Waals surface area contributed by atoms with Crippen LogP contribution >= 0.6 is 0 Å². The van der Waals surface area contributed by atoms with Crippen molar-refractivity contribution < 1.29 is 41.7 Å². The lowest BCUT2D eigenvalue weighted by atomic mass is 10.1. The van der Waals surface area contributed by atoms with Crippen LogP contribution in [0.15, 0.2) is 60.9 Å². The first kappa shape index (κ1) is 33.1. The molecule has 3 N–H and O–H groups in total. The Morgan fingerprint density at radius 2 is 1.51 bits per heavy atom. The number of hydrogen-bond donors (Lipinski definition) is 3.